The topological polar surface area (TPSA) is 38.0 Å². The lowest BCUT2D eigenvalue weighted by atomic mass is 10.2. The van der Waals surface area contributed by atoms with Crippen molar-refractivity contribution < 1.29 is 13.2 Å². The second-order valence-electron chi connectivity index (χ2n) is 2.34. The number of benzene rings is 1. The summed E-state index contributed by atoms with van der Waals surface area (Å²) in [6.07, 6.45) is -4.34. The summed E-state index contributed by atoms with van der Waals surface area (Å²) in [6.45, 7) is 0. The molecule has 0 radical (unpaired) electrons. The molecular formula is C7H7BrClF3N2. The molecule has 0 aliphatic heterocycles. The standard InChI is InChI=1S/C7H6BrF3N2.ClH/c8-6-3-4(13-12)1-2-5(6)7(9,10)11;/h1-3,13H,12H2;1H. The van der Waals surface area contributed by atoms with Gasteiger partial charge in [0, 0.05) is 10.2 Å². The predicted molar refractivity (Wildman–Crippen MR) is 54.2 cm³/mol. The Morgan fingerprint density at radius 1 is 1.29 bits per heavy atom. The number of nitrogens with two attached hydrogens (primary N) is 1. The third kappa shape index (κ3) is 3.04. The summed E-state index contributed by atoms with van der Waals surface area (Å²) in [6, 6.07) is 3.48. The van der Waals surface area contributed by atoms with Crippen molar-refractivity contribution in [3.05, 3.63) is 28.2 Å². The summed E-state index contributed by atoms with van der Waals surface area (Å²) >= 11 is 2.81. The zero-order valence-corrected chi connectivity index (χ0v) is 9.13. The van der Waals surface area contributed by atoms with Gasteiger partial charge in [0.15, 0.2) is 0 Å². The van der Waals surface area contributed by atoms with Crippen LogP contribution in [0.1, 0.15) is 5.56 Å². The van der Waals surface area contributed by atoms with E-state index in [0.717, 1.165) is 6.07 Å². The first-order valence-electron chi connectivity index (χ1n) is 3.28. The zero-order valence-electron chi connectivity index (χ0n) is 6.73. The van der Waals surface area contributed by atoms with Gasteiger partial charge < -0.3 is 5.43 Å². The fourth-order valence-corrected chi connectivity index (χ4v) is 1.44. The second-order valence-corrected chi connectivity index (χ2v) is 3.19. The SMILES string of the molecule is Cl.NNc1ccc(C(F)(F)F)c(Br)c1. The maximum atomic E-state index is 12.2. The maximum absolute atomic E-state index is 12.2. The van der Waals surface area contributed by atoms with Gasteiger partial charge >= 0.3 is 6.18 Å². The van der Waals surface area contributed by atoms with E-state index in [1.165, 1.54) is 12.1 Å². The van der Waals surface area contributed by atoms with Crippen LogP contribution in [0.5, 0.6) is 0 Å². The van der Waals surface area contributed by atoms with Gasteiger partial charge in [-0.2, -0.15) is 13.2 Å². The summed E-state index contributed by atoms with van der Waals surface area (Å²) in [7, 11) is 0. The molecule has 0 saturated carbocycles. The number of halogens is 5. The van der Waals surface area contributed by atoms with E-state index in [2.05, 4.69) is 21.4 Å². The molecule has 0 spiro atoms. The van der Waals surface area contributed by atoms with Crippen LogP contribution in [0, 0.1) is 0 Å². The van der Waals surface area contributed by atoms with Gasteiger partial charge in [-0.05, 0) is 18.2 Å². The molecule has 0 aromatic heterocycles. The van der Waals surface area contributed by atoms with E-state index in [1.807, 2.05) is 0 Å². The van der Waals surface area contributed by atoms with Gasteiger partial charge in [-0.25, -0.2) is 0 Å². The van der Waals surface area contributed by atoms with Gasteiger partial charge in [0.05, 0.1) is 5.56 Å². The van der Waals surface area contributed by atoms with Crippen molar-refractivity contribution in [2.45, 2.75) is 6.18 Å². The van der Waals surface area contributed by atoms with Gasteiger partial charge in [-0.3, -0.25) is 5.84 Å². The van der Waals surface area contributed by atoms with E-state index in [4.69, 9.17) is 5.84 Å². The molecule has 7 heteroatoms. The minimum absolute atomic E-state index is 0. The molecule has 0 aliphatic rings. The average Bonchev–Trinajstić information content (AvgIpc) is 2.01. The summed E-state index contributed by atoms with van der Waals surface area (Å²) < 4.78 is 36.6. The quantitative estimate of drug-likeness (QED) is 0.616. The van der Waals surface area contributed by atoms with Crippen molar-refractivity contribution >= 4 is 34.0 Å². The van der Waals surface area contributed by atoms with Crippen LogP contribution in [0.2, 0.25) is 0 Å². The fourth-order valence-electron chi connectivity index (χ4n) is 0.835. The molecule has 0 fully saturated rings. The second kappa shape index (κ2) is 4.86. The molecule has 0 heterocycles. The molecule has 3 N–H and O–H groups in total. The minimum Gasteiger partial charge on any atom is -0.324 e. The summed E-state index contributed by atoms with van der Waals surface area (Å²) in [5.41, 5.74) is 1.95. The number of hydrogen-bond acceptors (Lipinski definition) is 2. The lowest BCUT2D eigenvalue weighted by Gasteiger charge is -2.09. The first kappa shape index (κ1) is 13.5. The normalized spacial score (nSPS) is 10.6. The van der Waals surface area contributed by atoms with Crippen molar-refractivity contribution in [3.63, 3.8) is 0 Å². The molecule has 14 heavy (non-hydrogen) atoms. The molecule has 0 amide bonds. The van der Waals surface area contributed by atoms with Crippen LogP contribution in [-0.2, 0) is 6.18 Å². The number of nitrogens with one attached hydrogen (secondary N) is 1. The highest BCUT2D eigenvalue weighted by molar-refractivity contribution is 9.10. The lowest BCUT2D eigenvalue weighted by Crippen LogP contribution is -2.09. The van der Waals surface area contributed by atoms with Crippen molar-refractivity contribution in [1.82, 2.24) is 0 Å². The summed E-state index contributed by atoms with van der Waals surface area (Å²) in [4.78, 5) is 0. The van der Waals surface area contributed by atoms with E-state index < -0.39 is 11.7 Å². The molecule has 0 bridgehead atoms. The number of anilines is 1. The van der Waals surface area contributed by atoms with E-state index in [-0.39, 0.29) is 16.9 Å². The molecule has 1 rings (SSSR count). The Bertz CT molecular complexity index is 316. The molecule has 80 valence electrons. The summed E-state index contributed by atoms with van der Waals surface area (Å²) in [5, 5.41) is 0. The van der Waals surface area contributed by atoms with Crippen LogP contribution in [0.4, 0.5) is 18.9 Å². The van der Waals surface area contributed by atoms with Crippen molar-refractivity contribution in [1.29, 1.82) is 0 Å². The molecular weight excluding hydrogens is 284 g/mol. The van der Waals surface area contributed by atoms with Gasteiger partial charge in [0.1, 0.15) is 0 Å². The Morgan fingerprint density at radius 2 is 1.86 bits per heavy atom. The number of hydrazine groups is 1. The smallest absolute Gasteiger partial charge is 0.324 e. The van der Waals surface area contributed by atoms with Crippen LogP contribution in [0.3, 0.4) is 0 Å². The Balaban J connectivity index is 0.00000169. The monoisotopic (exact) mass is 290 g/mol. The van der Waals surface area contributed by atoms with Crippen LogP contribution < -0.4 is 11.3 Å². The van der Waals surface area contributed by atoms with Crippen molar-refractivity contribution in [2.24, 2.45) is 5.84 Å². The number of nitrogen functional groups attached to an aromatic ring is 1. The van der Waals surface area contributed by atoms with Crippen LogP contribution in [0.25, 0.3) is 0 Å². The molecule has 0 saturated heterocycles. The Kier molecular flexibility index (Phi) is 4.70. The fraction of sp³-hybridized carbons (Fsp3) is 0.143. The Hall–Kier alpha value is -0.460. The highest BCUT2D eigenvalue weighted by Gasteiger charge is 2.32. The van der Waals surface area contributed by atoms with Crippen molar-refractivity contribution in [2.75, 3.05) is 5.43 Å². The zero-order chi connectivity index (χ0) is 10.1. The van der Waals surface area contributed by atoms with E-state index >= 15 is 0 Å². The van der Waals surface area contributed by atoms with Gasteiger partial charge in [-0.15, -0.1) is 12.4 Å². The van der Waals surface area contributed by atoms with E-state index in [9.17, 15) is 13.2 Å². The maximum Gasteiger partial charge on any atom is 0.417 e. The molecule has 1 aromatic carbocycles. The van der Waals surface area contributed by atoms with Gasteiger partial charge in [-0.1, -0.05) is 15.9 Å². The molecule has 1 aromatic rings. The molecule has 0 atom stereocenters. The van der Waals surface area contributed by atoms with Crippen LogP contribution >= 0.6 is 28.3 Å². The largest absolute Gasteiger partial charge is 0.417 e. The first-order chi connectivity index (χ1) is 5.95. The molecule has 0 aliphatic carbocycles. The summed E-state index contributed by atoms with van der Waals surface area (Å²) in [5.74, 6) is 5.03. The van der Waals surface area contributed by atoms with Crippen LogP contribution in [-0.4, -0.2) is 0 Å². The highest BCUT2D eigenvalue weighted by atomic mass is 79.9. The Labute approximate surface area is 93.2 Å². The Morgan fingerprint density at radius 3 is 2.21 bits per heavy atom. The number of alkyl halides is 3. The molecule has 0 unspecified atom stereocenters. The van der Waals surface area contributed by atoms with Gasteiger partial charge in [0.2, 0.25) is 0 Å². The lowest BCUT2D eigenvalue weighted by molar-refractivity contribution is -0.138. The van der Waals surface area contributed by atoms with Crippen LogP contribution in [0.15, 0.2) is 22.7 Å². The highest BCUT2D eigenvalue weighted by Crippen LogP contribution is 2.35. The third-order valence-electron chi connectivity index (χ3n) is 1.44. The first-order valence-corrected chi connectivity index (χ1v) is 4.08. The van der Waals surface area contributed by atoms with E-state index in [0.29, 0.717) is 5.69 Å². The van der Waals surface area contributed by atoms with E-state index in [1.54, 1.807) is 0 Å². The van der Waals surface area contributed by atoms with Crippen molar-refractivity contribution in [3.8, 4) is 0 Å². The predicted octanol–water partition coefficient (Wildman–Crippen LogP) is 3.18. The van der Waals surface area contributed by atoms with Gasteiger partial charge in [0.25, 0.3) is 0 Å². The third-order valence-corrected chi connectivity index (χ3v) is 2.10. The average molecular weight is 291 g/mol. The number of rotatable bonds is 1. The number of hydrogen-bond donors (Lipinski definition) is 2. The minimum atomic E-state index is -4.34. The molecule has 2 nitrogen and oxygen atoms in total.